The predicted octanol–water partition coefficient (Wildman–Crippen LogP) is 16.4. The fourth-order valence-corrected chi connectivity index (χ4v) is 9.45. The number of rotatable bonds is 53. The molecule has 0 radical (unpaired) electrons. The minimum absolute atomic E-state index is 0.196. The van der Waals surface area contributed by atoms with Gasteiger partial charge in [-0.3, -0.25) is 4.79 Å². The van der Waals surface area contributed by atoms with E-state index in [0.717, 1.165) is 89.9 Å². The lowest BCUT2D eigenvalue weighted by Gasteiger charge is -2.40. The fourth-order valence-electron chi connectivity index (χ4n) is 9.45. The third-order valence-corrected chi connectivity index (χ3v) is 14.4. The highest BCUT2D eigenvalue weighted by atomic mass is 16.7. The van der Waals surface area contributed by atoms with Gasteiger partial charge in [-0.1, -0.05) is 265 Å². The molecule has 1 fully saturated rings. The summed E-state index contributed by atoms with van der Waals surface area (Å²) < 4.78 is 11.3. The van der Waals surface area contributed by atoms with Gasteiger partial charge in [0.25, 0.3) is 0 Å². The molecular formula is C67H117NO8. The Morgan fingerprint density at radius 3 is 1.26 bits per heavy atom. The summed E-state index contributed by atoms with van der Waals surface area (Å²) in [4.78, 5) is 13.1. The van der Waals surface area contributed by atoms with Crippen LogP contribution in [0.5, 0.6) is 0 Å². The van der Waals surface area contributed by atoms with E-state index >= 15 is 0 Å². The van der Waals surface area contributed by atoms with E-state index in [9.17, 15) is 30.3 Å². The van der Waals surface area contributed by atoms with Gasteiger partial charge in [0.2, 0.25) is 5.91 Å². The van der Waals surface area contributed by atoms with Crippen LogP contribution in [0.25, 0.3) is 0 Å². The Balaban J connectivity index is 2.24. The molecule has 76 heavy (non-hydrogen) atoms. The molecule has 7 unspecified atom stereocenters. The van der Waals surface area contributed by atoms with Crippen LogP contribution < -0.4 is 5.32 Å². The van der Waals surface area contributed by atoms with Crippen LogP contribution in [-0.2, 0) is 14.3 Å². The zero-order valence-electron chi connectivity index (χ0n) is 48.7. The maximum atomic E-state index is 13.1. The topological polar surface area (TPSA) is 149 Å². The number of aliphatic hydroxyl groups is 5. The maximum Gasteiger partial charge on any atom is 0.220 e. The first-order valence-corrected chi connectivity index (χ1v) is 31.5. The Kier molecular flexibility index (Phi) is 51.9. The second-order valence-electron chi connectivity index (χ2n) is 21.4. The first kappa shape index (κ1) is 71.1. The normalized spacial score (nSPS) is 19.5. The van der Waals surface area contributed by atoms with Gasteiger partial charge >= 0.3 is 0 Å². The molecule has 1 heterocycles. The van der Waals surface area contributed by atoms with Crippen LogP contribution in [0.15, 0.2) is 97.2 Å². The highest BCUT2D eigenvalue weighted by molar-refractivity contribution is 5.76. The van der Waals surface area contributed by atoms with Gasteiger partial charge in [0.1, 0.15) is 24.4 Å². The molecule has 0 bridgehead atoms. The van der Waals surface area contributed by atoms with Gasteiger partial charge in [-0.15, -0.1) is 0 Å². The zero-order chi connectivity index (χ0) is 55.0. The van der Waals surface area contributed by atoms with Gasteiger partial charge in [-0.2, -0.15) is 0 Å². The summed E-state index contributed by atoms with van der Waals surface area (Å²) in [5.41, 5.74) is 0. The SMILES string of the molecule is CC/C=C\C/C=C\C/C=C\C/C=C\C/C=C\CCCCCCCCCCCCCC(=O)NC(COC1OC(CO)C(O)C(O)C1O)C(O)/C=C/CC/C=C/CC/C=C/CCCCCCCCCCCCCCCCCC. The average molecular weight is 1060 g/mol. The van der Waals surface area contributed by atoms with E-state index in [1.807, 2.05) is 6.08 Å². The zero-order valence-corrected chi connectivity index (χ0v) is 48.7. The molecule has 1 saturated heterocycles. The summed E-state index contributed by atoms with van der Waals surface area (Å²) in [5.74, 6) is -0.196. The Labute approximate surface area is 466 Å². The van der Waals surface area contributed by atoms with Crippen molar-refractivity contribution in [1.29, 1.82) is 0 Å². The average Bonchev–Trinajstić information content (AvgIpc) is 3.42. The molecule has 1 amide bonds. The van der Waals surface area contributed by atoms with Crippen molar-refractivity contribution in [2.24, 2.45) is 0 Å². The maximum absolute atomic E-state index is 13.1. The lowest BCUT2D eigenvalue weighted by atomic mass is 9.99. The largest absolute Gasteiger partial charge is 0.394 e. The van der Waals surface area contributed by atoms with Crippen molar-refractivity contribution in [2.75, 3.05) is 13.2 Å². The van der Waals surface area contributed by atoms with Gasteiger partial charge in [-0.25, -0.2) is 0 Å². The minimum Gasteiger partial charge on any atom is -0.394 e. The molecule has 438 valence electrons. The number of hydrogen-bond acceptors (Lipinski definition) is 8. The predicted molar refractivity (Wildman–Crippen MR) is 322 cm³/mol. The van der Waals surface area contributed by atoms with Gasteiger partial charge in [0.05, 0.1) is 25.4 Å². The van der Waals surface area contributed by atoms with Crippen LogP contribution in [0.3, 0.4) is 0 Å². The van der Waals surface area contributed by atoms with Crippen LogP contribution in [0, 0.1) is 0 Å². The molecule has 7 atom stereocenters. The Morgan fingerprint density at radius 2 is 0.829 bits per heavy atom. The van der Waals surface area contributed by atoms with Crippen LogP contribution in [0.2, 0.25) is 0 Å². The molecule has 1 aliphatic heterocycles. The number of amides is 1. The molecule has 1 rings (SSSR count). The van der Waals surface area contributed by atoms with Crippen LogP contribution >= 0.6 is 0 Å². The van der Waals surface area contributed by atoms with Gasteiger partial charge < -0.3 is 40.3 Å². The molecule has 1 aliphatic rings. The number of carbonyl (C=O) groups excluding carboxylic acids is 1. The molecule has 0 aromatic heterocycles. The van der Waals surface area contributed by atoms with Crippen molar-refractivity contribution in [3.63, 3.8) is 0 Å². The molecule has 9 nitrogen and oxygen atoms in total. The molecule has 6 N–H and O–H groups in total. The summed E-state index contributed by atoms with van der Waals surface area (Å²) in [5, 5.41) is 54.6. The minimum atomic E-state index is -1.58. The van der Waals surface area contributed by atoms with E-state index in [1.165, 1.54) is 154 Å². The van der Waals surface area contributed by atoms with Crippen molar-refractivity contribution < 1.29 is 39.8 Å². The summed E-state index contributed by atoms with van der Waals surface area (Å²) in [6, 6.07) is -0.837. The second-order valence-corrected chi connectivity index (χ2v) is 21.4. The Bertz CT molecular complexity index is 1510. The Hall–Kier alpha value is -2.89. The monoisotopic (exact) mass is 1060 g/mol. The number of ether oxygens (including phenoxy) is 2. The molecule has 0 aromatic rings. The Morgan fingerprint density at radius 1 is 0.461 bits per heavy atom. The summed E-state index contributed by atoms with van der Waals surface area (Å²) in [6.07, 6.45) is 73.4. The standard InChI is InChI=1S/C67H117NO8/c1-3-5-7-9-11-13-15-17-19-21-23-25-27-29-31-33-35-37-39-41-43-45-47-49-51-53-55-57-63(71)68-60(59-75-67-66(74)65(73)64(72)62(58-69)76-67)61(70)56-54-52-50-48-46-44-42-40-38-36-34-32-30-28-26-24-22-20-18-16-14-12-10-8-6-4-2/h5,7,11,13,17,19,23,25,29,31,38,40,46,48,54,56,60-62,64-67,69-70,72-74H,3-4,6,8-10,12,14-16,18,20-22,24,26-28,30,32-37,39,41-45,47,49-53,55,57-59H2,1-2H3,(H,68,71)/b7-5-,13-11-,19-17-,25-23-,31-29-,40-38+,48-46+,56-54+. The number of carbonyl (C=O) groups is 1. The smallest absolute Gasteiger partial charge is 0.220 e. The molecule has 9 heteroatoms. The van der Waals surface area contributed by atoms with Crippen molar-refractivity contribution >= 4 is 5.91 Å². The molecule has 0 saturated carbocycles. The lowest BCUT2D eigenvalue weighted by Crippen LogP contribution is -2.60. The highest BCUT2D eigenvalue weighted by Crippen LogP contribution is 2.23. The second kappa shape index (κ2) is 55.4. The van der Waals surface area contributed by atoms with E-state index in [4.69, 9.17) is 9.47 Å². The van der Waals surface area contributed by atoms with Crippen LogP contribution in [0.1, 0.15) is 264 Å². The van der Waals surface area contributed by atoms with E-state index in [-0.39, 0.29) is 12.5 Å². The third kappa shape index (κ3) is 44.0. The van der Waals surface area contributed by atoms with Gasteiger partial charge in [0.15, 0.2) is 6.29 Å². The van der Waals surface area contributed by atoms with Gasteiger partial charge in [0, 0.05) is 6.42 Å². The molecular weight excluding hydrogens is 947 g/mol. The summed E-state index contributed by atoms with van der Waals surface area (Å²) in [6.45, 7) is 3.66. The quantitative estimate of drug-likeness (QED) is 0.0261. The number of hydrogen-bond donors (Lipinski definition) is 6. The van der Waals surface area contributed by atoms with Crippen molar-refractivity contribution in [2.45, 2.75) is 307 Å². The van der Waals surface area contributed by atoms with Crippen LogP contribution in [0.4, 0.5) is 0 Å². The number of aliphatic hydroxyl groups excluding tert-OH is 5. The van der Waals surface area contributed by atoms with Crippen molar-refractivity contribution in [3.05, 3.63) is 97.2 Å². The van der Waals surface area contributed by atoms with Crippen molar-refractivity contribution in [3.8, 4) is 0 Å². The fraction of sp³-hybridized carbons (Fsp3) is 0.746. The van der Waals surface area contributed by atoms with E-state index in [1.54, 1.807) is 6.08 Å². The third-order valence-electron chi connectivity index (χ3n) is 14.4. The van der Waals surface area contributed by atoms with E-state index < -0.39 is 49.5 Å². The molecule has 0 aliphatic carbocycles. The number of nitrogens with one attached hydrogen (secondary N) is 1. The highest BCUT2D eigenvalue weighted by Gasteiger charge is 2.44. The van der Waals surface area contributed by atoms with Crippen LogP contribution in [-0.4, -0.2) is 87.5 Å². The molecule has 0 aromatic carbocycles. The van der Waals surface area contributed by atoms with Crippen molar-refractivity contribution in [1.82, 2.24) is 5.32 Å². The first-order chi connectivity index (χ1) is 37.3. The summed E-state index contributed by atoms with van der Waals surface area (Å²) >= 11 is 0. The number of allylic oxidation sites excluding steroid dienone is 15. The summed E-state index contributed by atoms with van der Waals surface area (Å²) in [7, 11) is 0. The first-order valence-electron chi connectivity index (χ1n) is 31.5. The lowest BCUT2D eigenvalue weighted by molar-refractivity contribution is -0.302. The van der Waals surface area contributed by atoms with Gasteiger partial charge in [-0.05, 0) is 89.9 Å². The molecule has 0 spiro atoms. The number of unbranched alkanes of at least 4 members (excludes halogenated alkanes) is 29. The van der Waals surface area contributed by atoms with E-state index in [0.29, 0.717) is 6.42 Å². The van der Waals surface area contributed by atoms with E-state index in [2.05, 4.69) is 104 Å².